The van der Waals surface area contributed by atoms with Crippen LogP contribution in [0.4, 0.5) is 0 Å². The van der Waals surface area contributed by atoms with E-state index in [-0.39, 0.29) is 17.7 Å². The lowest BCUT2D eigenvalue weighted by atomic mass is 10.1. The van der Waals surface area contributed by atoms with E-state index in [1.807, 2.05) is 49.4 Å². The van der Waals surface area contributed by atoms with Crippen LogP contribution in [-0.2, 0) is 6.54 Å². The van der Waals surface area contributed by atoms with Gasteiger partial charge >= 0.3 is 0 Å². The molecule has 6 nitrogen and oxygen atoms in total. The van der Waals surface area contributed by atoms with Gasteiger partial charge < -0.3 is 0 Å². The Bertz CT molecular complexity index is 1210. The monoisotopic (exact) mass is 344 g/mol. The summed E-state index contributed by atoms with van der Waals surface area (Å²) in [6.45, 7) is 1.99. The van der Waals surface area contributed by atoms with Crippen molar-refractivity contribution in [3.8, 4) is 11.3 Å². The molecule has 0 aliphatic rings. The van der Waals surface area contributed by atoms with Crippen molar-refractivity contribution in [2.24, 2.45) is 0 Å². The quantitative estimate of drug-likeness (QED) is 0.572. The van der Waals surface area contributed by atoms with Gasteiger partial charge in [-0.25, -0.2) is 9.67 Å². The fourth-order valence-electron chi connectivity index (χ4n) is 2.92. The molecule has 0 fully saturated rings. The number of benzene rings is 1. The second kappa shape index (κ2) is 6.40. The number of fused-ring (bicyclic) bond motifs is 1. The van der Waals surface area contributed by atoms with E-state index in [0.717, 1.165) is 11.3 Å². The highest BCUT2D eigenvalue weighted by molar-refractivity contribution is 5.57. The zero-order valence-electron chi connectivity index (χ0n) is 14.2. The van der Waals surface area contributed by atoms with Crippen molar-refractivity contribution >= 4 is 5.65 Å². The number of hydrogen-bond donors (Lipinski definition) is 0. The molecule has 0 saturated heterocycles. The van der Waals surface area contributed by atoms with Gasteiger partial charge in [0.2, 0.25) is 0 Å². The van der Waals surface area contributed by atoms with Gasteiger partial charge in [-0.15, -0.1) is 0 Å². The maximum Gasteiger partial charge on any atom is 0.267 e. The average molecular weight is 344 g/mol. The van der Waals surface area contributed by atoms with E-state index in [1.54, 1.807) is 16.5 Å². The molecule has 0 aliphatic heterocycles. The van der Waals surface area contributed by atoms with E-state index in [9.17, 15) is 9.59 Å². The van der Waals surface area contributed by atoms with Crippen LogP contribution in [0.5, 0.6) is 0 Å². The predicted molar refractivity (Wildman–Crippen MR) is 99.2 cm³/mol. The minimum absolute atomic E-state index is 0.138. The molecule has 0 aliphatic carbocycles. The molecule has 0 atom stereocenters. The molecule has 3 heterocycles. The van der Waals surface area contributed by atoms with Crippen LogP contribution in [0.2, 0.25) is 0 Å². The number of rotatable bonds is 3. The van der Waals surface area contributed by atoms with Crippen LogP contribution in [0.15, 0.2) is 76.3 Å². The molecule has 0 amide bonds. The van der Waals surface area contributed by atoms with Crippen molar-refractivity contribution < 1.29 is 0 Å². The topological polar surface area (TPSA) is 69.3 Å². The third-order valence-corrected chi connectivity index (χ3v) is 4.18. The lowest BCUT2D eigenvalue weighted by Crippen LogP contribution is -2.25. The highest BCUT2D eigenvalue weighted by Crippen LogP contribution is 2.14. The van der Waals surface area contributed by atoms with Crippen molar-refractivity contribution in [2.45, 2.75) is 13.5 Å². The lowest BCUT2D eigenvalue weighted by molar-refractivity contribution is 0.630. The summed E-state index contributed by atoms with van der Waals surface area (Å²) in [7, 11) is 0. The normalized spacial score (nSPS) is 11.0. The molecule has 0 unspecified atom stereocenters. The minimum atomic E-state index is -0.240. The summed E-state index contributed by atoms with van der Waals surface area (Å²) in [5.41, 5.74) is 3.07. The molecule has 0 bridgehead atoms. The molecule has 0 spiro atoms. The Morgan fingerprint density at radius 3 is 2.50 bits per heavy atom. The van der Waals surface area contributed by atoms with Crippen LogP contribution in [0.3, 0.4) is 0 Å². The standard InChI is InChI=1S/C20H16N4O2/c1-14-6-5-9-18-21-16(12-20(26)24(14)18)13-23-19(25)11-10-17(22-23)15-7-3-2-4-8-15/h2-12H,13H2,1H3. The number of aryl methyl sites for hydroxylation is 1. The van der Waals surface area contributed by atoms with Crippen molar-refractivity contribution in [2.75, 3.05) is 0 Å². The summed E-state index contributed by atoms with van der Waals surface area (Å²) in [6.07, 6.45) is 0. The SMILES string of the molecule is Cc1cccc2nc(Cn3nc(-c4ccccc4)ccc3=O)cc(=O)n12. The fraction of sp³-hybridized carbons (Fsp3) is 0.100. The Hall–Kier alpha value is -3.54. The molecular formula is C20H16N4O2. The first-order valence-electron chi connectivity index (χ1n) is 8.24. The Labute approximate surface area is 149 Å². The number of pyridine rings is 1. The molecule has 0 N–H and O–H groups in total. The van der Waals surface area contributed by atoms with Gasteiger partial charge in [0.1, 0.15) is 5.65 Å². The molecule has 6 heteroatoms. The van der Waals surface area contributed by atoms with Crippen LogP contribution >= 0.6 is 0 Å². The van der Waals surface area contributed by atoms with Crippen LogP contribution in [0, 0.1) is 6.92 Å². The zero-order chi connectivity index (χ0) is 18.1. The fourth-order valence-corrected chi connectivity index (χ4v) is 2.92. The summed E-state index contributed by atoms with van der Waals surface area (Å²) in [5, 5.41) is 4.42. The van der Waals surface area contributed by atoms with E-state index >= 15 is 0 Å². The summed E-state index contributed by atoms with van der Waals surface area (Å²) < 4.78 is 2.87. The van der Waals surface area contributed by atoms with Crippen molar-refractivity contribution in [1.29, 1.82) is 0 Å². The Kier molecular flexibility index (Phi) is 3.93. The minimum Gasteiger partial charge on any atom is -0.269 e. The van der Waals surface area contributed by atoms with Gasteiger partial charge in [0.15, 0.2) is 0 Å². The summed E-state index contributed by atoms with van der Waals surface area (Å²) >= 11 is 0. The Morgan fingerprint density at radius 1 is 0.885 bits per heavy atom. The third-order valence-electron chi connectivity index (χ3n) is 4.18. The second-order valence-electron chi connectivity index (χ2n) is 6.03. The molecular weight excluding hydrogens is 328 g/mol. The van der Waals surface area contributed by atoms with Gasteiger partial charge in [-0.3, -0.25) is 14.0 Å². The number of hydrogen-bond acceptors (Lipinski definition) is 4. The third kappa shape index (κ3) is 2.93. The van der Waals surface area contributed by atoms with E-state index in [0.29, 0.717) is 17.0 Å². The van der Waals surface area contributed by atoms with Crippen molar-refractivity contribution in [1.82, 2.24) is 19.2 Å². The van der Waals surface area contributed by atoms with Gasteiger partial charge in [-0.05, 0) is 25.1 Å². The van der Waals surface area contributed by atoms with E-state index < -0.39 is 0 Å². The first kappa shape index (κ1) is 16.0. The number of nitrogens with zero attached hydrogens (tertiary/aromatic N) is 4. The van der Waals surface area contributed by atoms with Gasteiger partial charge in [-0.2, -0.15) is 5.10 Å². The first-order chi connectivity index (χ1) is 12.6. The van der Waals surface area contributed by atoms with Crippen LogP contribution in [-0.4, -0.2) is 19.2 Å². The van der Waals surface area contributed by atoms with Crippen LogP contribution in [0.1, 0.15) is 11.4 Å². The summed E-state index contributed by atoms with van der Waals surface area (Å²) in [4.78, 5) is 29.1. The van der Waals surface area contributed by atoms with Crippen molar-refractivity contribution in [3.63, 3.8) is 0 Å². The maximum atomic E-state index is 12.4. The van der Waals surface area contributed by atoms with E-state index in [4.69, 9.17) is 0 Å². The van der Waals surface area contributed by atoms with Gasteiger partial charge in [0, 0.05) is 23.4 Å². The van der Waals surface area contributed by atoms with Crippen LogP contribution in [0.25, 0.3) is 16.9 Å². The Morgan fingerprint density at radius 2 is 1.69 bits per heavy atom. The summed E-state index contributed by atoms with van der Waals surface area (Å²) in [6, 6.07) is 19.7. The van der Waals surface area contributed by atoms with Gasteiger partial charge in [0.05, 0.1) is 17.9 Å². The van der Waals surface area contributed by atoms with Crippen molar-refractivity contribution in [3.05, 3.63) is 98.8 Å². The smallest absolute Gasteiger partial charge is 0.267 e. The molecule has 1 aromatic carbocycles. The maximum absolute atomic E-state index is 12.4. The molecule has 128 valence electrons. The summed E-state index contributed by atoms with van der Waals surface area (Å²) in [5.74, 6) is 0. The molecule has 26 heavy (non-hydrogen) atoms. The molecule has 4 aromatic rings. The largest absolute Gasteiger partial charge is 0.269 e. The average Bonchev–Trinajstić information content (AvgIpc) is 2.64. The van der Waals surface area contributed by atoms with Gasteiger partial charge in [0.25, 0.3) is 11.1 Å². The highest BCUT2D eigenvalue weighted by Gasteiger charge is 2.08. The van der Waals surface area contributed by atoms with E-state index in [2.05, 4.69) is 10.1 Å². The lowest BCUT2D eigenvalue weighted by Gasteiger charge is -2.09. The molecule has 0 radical (unpaired) electrons. The zero-order valence-corrected chi connectivity index (χ0v) is 14.2. The first-order valence-corrected chi connectivity index (χ1v) is 8.24. The molecule has 0 saturated carbocycles. The Balaban J connectivity index is 1.77. The molecule has 4 rings (SSSR count). The van der Waals surface area contributed by atoms with Gasteiger partial charge in [-0.1, -0.05) is 36.4 Å². The predicted octanol–water partition coefficient (Wildman–Crippen LogP) is 2.27. The van der Waals surface area contributed by atoms with Crippen LogP contribution < -0.4 is 11.1 Å². The highest BCUT2D eigenvalue weighted by atomic mass is 16.1. The number of aromatic nitrogens is 4. The second-order valence-corrected chi connectivity index (χ2v) is 6.03. The molecule has 3 aromatic heterocycles. The van der Waals surface area contributed by atoms with E-state index in [1.165, 1.54) is 16.8 Å².